The standard InChI is InChI=1S/C8H21O4Si2/c1-4-10-14(11-5-2,12-6-3)8-7-13-9/h4-8,13H2,1-3H3. The van der Waals surface area contributed by atoms with Crippen molar-refractivity contribution in [2.45, 2.75) is 32.9 Å². The van der Waals surface area contributed by atoms with E-state index in [0.717, 1.165) is 0 Å². The van der Waals surface area contributed by atoms with Crippen LogP contribution in [0.2, 0.25) is 12.1 Å². The van der Waals surface area contributed by atoms with Gasteiger partial charge in [-0.15, -0.1) is 0 Å². The van der Waals surface area contributed by atoms with Crippen molar-refractivity contribution in [3.8, 4) is 0 Å². The SMILES string of the molecule is CCO[Si](CC[SiH2][O])(OCC)OCC. The molecule has 14 heavy (non-hydrogen) atoms. The maximum Gasteiger partial charge on any atom is 0.500 e. The van der Waals surface area contributed by atoms with Gasteiger partial charge in [0.05, 0.1) is 0 Å². The summed E-state index contributed by atoms with van der Waals surface area (Å²) in [6.45, 7) is 7.54. The van der Waals surface area contributed by atoms with Gasteiger partial charge in [-0.05, 0) is 26.8 Å². The summed E-state index contributed by atoms with van der Waals surface area (Å²) in [5.41, 5.74) is 0. The molecule has 6 heteroatoms. The van der Waals surface area contributed by atoms with Crippen LogP contribution in [0.25, 0.3) is 0 Å². The van der Waals surface area contributed by atoms with Gasteiger partial charge in [-0.2, -0.15) is 0 Å². The minimum atomic E-state index is -2.48. The largest absolute Gasteiger partial charge is 0.500 e. The molecular formula is C8H21O4Si2. The lowest BCUT2D eigenvalue weighted by Gasteiger charge is -2.28. The molecule has 0 aliphatic heterocycles. The molecule has 0 N–H and O–H groups in total. The highest BCUT2D eigenvalue weighted by Gasteiger charge is 2.39. The lowest BCUT2D eigenvalue weighted by molar-refractivity contribution is 0.0724. The van der Waals surface area contributed by atoms with E-state index in [2.05, 4.69) is 0 Å². The van der Waals surface area contributed by atoms with Gasteiger partial charge in [-0.25, -0.2) is 0 Å². The molecule has 0 bridgehead atoms. The maximum absolute atomic E-state index is 10.6. The minimum absolute atomic E-state index is 0.590. The van der Waals surface area contributed by atoms with Crippen molar-refractivity contribution in [1.29, 1.82) is 0 Å². The van der Waals surface area contributed by atoms with Gasteiger partial charge in [0.25, 0.3) is 0 Å². The van der Waals surface area contributed by atoms with Crippen LogP contribution in [0.3, 0.4) is 0 Å². The lowest BCUT2D eigenvalue weighted by Crippen LogP contribution is -2.46. The molecule has 0 saturated carbocycles. The van der Waals surface area contributed by atoms with Crippen LogP contribution in [0.4, 0.5) is 0 Å². The van der Waals surface area contributed by atoms with E-state index in [0.29, 0.717) is 31.9 Å². The van der Waals surface area contributed by atoms with Crippen LogP contribution >= 0.6 is 0 Å². The highest BCUT2D eigenvalue weighted by atomic mass is 28.4. The molecule has 0 aromatic carbocycles. The lowest BCUT2D eigenvalue weighted by atomic mass is 10.9. The highest BCUT2D eigenvalue weighted by molar-refractivity contribution is 6.61. The maximum atomic E-state index is 10.6. The summed E-state index contributed by atoms with van der Waals surface area (Å²) >= 11 is 0. The fourth-order valence-electron chi connectivity index (χ4n) is 1.29. The van der Waals surface area contributed by atoms with E-state index in [1.54, 1.807) is 0 Å². The second-order valence-corrected chi connectivity index (χ2v) is 6.64. The monoisotopic (exact) mass is 237 g/mol. The first kappa shape index (κ1) is 14.3. The van der Waals surface area contributed by atoms with Crippen LogP contribution in [0.15, 0.2) is 0 Å². The molecule has 0 aromatic rings. The molecule has 4 nitrogen and oxygen atoms in total. The van der Waals surface area contributed by atoms with E-state index in [9.17, 15) is 4.80 Å². The zero-order valence-corrected chi connectivity index (χ0v) is 11.8. The fraction of sp³-hybridized carbons (Fsp3) is 1.00. The molecule has 0 aliphatic carbocycles. The molecule has 1 radical (unpaired) electrons. The molecule has 0 saturated heterocycles. The van der Waals surface area contributed by atoms with Crippen molar-refractivity contribution in [3.63, 3.8) is 0 Å². The molecule has 85 valence electrons. The summed E-state index contributed by atoms with van der Waals surface area (Å²) < 4.78 is 16.8. The molecule has 0 rings (SSSR count). The van der Waals surface area contributed by atoms with Gasteiger partial charge in [0.1, 0.15) is 0 Å². The van der Waals surface area contributed by atoms with Gasteiger partial charge in [0.2, 0.25) is 9.76 Å². The number of hydrogen-bond donors (Lipinski definition) is 0. The van der Waals surface area contributed by atoms with Gasteiger partial charge < -0.3 is 18.1 Å². The Kier molecular flexibility index (Phi) is 8.74. The van der Waals surface area contributed by atoms with Crippen LogP contribution in [-0.2, 0) is 18.1 Å². The van der Waals surface area contributed by atoms with Crippen molar-refractivity contribution >= 4 is 18.6 Å². The molecular weight excluding hydrogens is 216 g/mol. The van der Waals surface area contributed by atoms with Gasteiger partial charge in [-0.1, -0.05) is 0 Å². The van der Waals surface area contributed by atoms with E-state index in [1.165, 1.54) is 0 Å². The molecule has 0 aliphatic rings. The fourth-order valence-corrected chi connectivity index (χ4v) is 5.60. The summed E-state index contributed by atoms with van der Waals surface area (Å²) in [5, 5.41) is 0. The third-order valence-electron chi connectivity index (χ3n) is 1.72. The van der Waals surface area contributed by atoms with Crippen molar-refractivity contribution in [3.05, 3.63) is 0 Å². The Hall–Kier alpha value is 0.274. The Bertz CT molecular complexity index is 117. The summed E-state index contributed by atoms with van der Waals surface area (Å²) in [4.78, 5) is 10.6. The van der Waals surface area contributed by atoms with Crippen LogP contribution in [0.1, 0.15) is 20.8 Å². The second kappa shape index (κ2) is 8.57. The van der Waals surface area contributed by atoms with Crippen molar-refractivity contribution < 1.29 is 18.1 Å². The van der Waals surface area contributed by atoms with Crippen LogP contribution in [0, 0.1) is 0 Å². The van der Waals surface area contributed by atoms with Gasteiger partial charge in [0, 0.05) is 25.9 Å². The molecule has 0 amide bonds. The first-order valence-electron chi connectivity index (χ1n) is 5.24. The zero-order valence-electron chi connectivity index (χ0n) is 9.38. The Morgan fingerprint density at radius 1 is 1.00 bits per heavy atom. The number of hydrogen-bond acceptors (Lipinski definition) is 3. The first-order valence-corrected chi connectivity index (χ1v) is 8.75. The molecule has 0 fully saturated rings. The first-order chi connectivity index (χ1) is 6.74. The Morgan fingerprint density at radius 2 is 1.43 bits per heavy atom. The van der Waals surface area contributed by atoms with E-state index in [4.69, 9.17) is 13.3 Å². The van der Waals surface area contributed by atoms with Crippen molar-refractivity contribution in [1.82, 2.24) is 0 Å². The summed E-state index contributed by atoms with van der Waals surface area (Å²) in [7, 11) is -3.65. The van der Waals surface area contributed by atoms with E-state index < -0.39 is 18.6 Å². The molecule has 0 atom stereocenters. The van der Waals surface area contributed by atoms with Crippen molar-refractivity contribution in [2.24, 2.45) is 0 Å². The normalized spacial score (nSPS) is 12.9. The summed E-state index contributed by atoms with van der Waals surface area (Å²) in [6, 6.07) is 1.39. The zero-order chi connectivity index (χ0) is 10.9. The van der Waals surface area contributed by atoms with Gasteiger partial charge in [0.15, 0.2) is 0 Å². The smallest absolute Gasteiger partial charge is 0.374 e. The Labute approximate surface area is 89.9 Å². The average molecular weight is 237 g/mol. The van der Waals surface area contributed by atoms with Crippen LogP contribution in [-0.4, -0.2) is 38.4 Å². The average Bonchev–Trinajstić information content (AvgIpc) is 2.16. The number of rotatable bonds is 9. The quantitative estimate of drug-likeness (QED) is 0.561. The third kappa shape index (κ3) is 5.23. The summed E-state index contributed by atoms with van der Waals surface area (Å²) in [6.07, 6.45) is 0. The molecule has 0 heterocycles. The Morgan fingerprint density at radius 3 is 1.71 bits per heavy atom. The van der Waals surface area contributed by atoms with E-state index >= 15 is 0 Å². The van der Waals surface area contributed by atoms with Gasteiger partial charge in [-0.3, -0.25) is 0 Å². The van der Waals surface area contributed by atoms with Crippen LogP contribution in [0.5, 0.6) is 0 Å². The molecule has 0 spiro atoms. The Balaban J connectivity index is 4.21. The molecule has 0 aromatic heterocycles. The predicted octanol–water partition coefficient (Wildman–Crippen LogP) is 0.967. The van der Waals surface area contributed by atoms with Gasteiger partial charge >= 0.3 is 8.80 Å². The van der Waals surface area contributed by atoms with E-state index in [1.807, 2.05) is 20.8 Å². The highest BCUT2D eigenvalue weighted by Crippen LogP contribution is 2.17. The molecule has 0 unspecified atom stereocenters. The second-order valence-electron chi connectivity index (χ2n) is 2.79. The predicted molar refractivity (Wildman–Crippen MR) is 59.5 cm³/mol. The van der Waals surface area contributed by atoms with Crippen LogP contribution < -0.4 is 0 Å². The third-order valence-corrected chi connectivity index (χ3v) is 6.22. The van der Waals surface area contributed by atoms with Crippen molar-refractivity contribution in [2.75, 3.05) is 19.8 Å². The van der Waals surface area contributed by atoms with E-state index in [-0.39, 0.29) is 0 Å². The minimum Gasteiger partial charge on any atom is -0.374 e. The summed E-state index contributed by atoms with van der Waals surface area (Å²) in [5.74, 6) is 0. The topological polar surface area (TPSA) is 47.6 Å².